The highest BCUT2D eigenvalue weighted by Crippen LogP contribution is 2.50. The van der Waals surface area contributed by atoms with Gasteiger partial charge in [0.15, 0.2) is 17.5 Å². The summed E-state index contributed by atoms with van der Waals surface area (Å²) in [4.78, 5) is 14.8. The van der Waals surface area contributed by atoms with Crippen molar-refractivity contribution in [1.82, 2.24) is 19.5 Å². The van der Waals surface area contributed by atoms with Gasteiger partial charge in [-0.25, -0.2) is 15.0 Å². The zero-order valence-corrected chi connectivity index (χ0v) is 29.2. The summed E-state index contributed by atoms with van der Waals surface area (Å²) in [5.41, 5.74) is 12.9. The van der Waals surface area contributed by atoms with Gasteiger partial charge in [-0.1, -0.05) is 129 Å². The van der Waals surface area contributed by atoms with Crippen molar-refractivity contribution in [2.75, 3.05) is 0 Å². The minimum atomic E-state index is -0.196. The Balaban J connectivity index is 1.11. The molecule has 0 bridgehead atoms. The Morgan fingerprint density at radius 3 is 1.89 bits per heavy atom. The second kappa shape index (κ2) is 11.1. The zero-order chi connectivity index (χ0) is 35.3. The number of aromatic nitrogens is 4. The van der Waals surface area contributed by atoms with Gasteiger partial charge in [0, 0.05) is 43.7 Å². The zero-order valence-electron chi connectivity index (χ0n) is 29.2. The van der Waals surface area contributed by atoms with E-state index in [0.717, 1.165) is 44.2 Å². The van der Waals surface area contributed by atoms with Crippen LogP contribution in [0, 0.1) is 0 Å². The first-order valence-corrected chi connectivity index (χ1v) is 18.0. The van der Waals surface area contributed by atoms with Gasteiger partial charge < -0.3 is 8.98 Å². The molecule has 10 aromatic rings. The maximum atomic E-state index is 6.65. The van der Waals surface area contributed by atoms with Gasteiger partial charge in [-0.05, 0) is 64.7 Å². The molecule has 5 nitrogen and oxygen atoms in total. The molecule has 7 aromatic carbocycles. The van der Waals surface area contributed by atoms with Crippen LogP contribution in [0.25, 0.3) is 94.7 Å². The molecule has 0 atom stereocenters. The Bertz CT molecular complexity index is 3020. The first-order valence-electron chi connectivity index (χ1n) is 18.0. The van der Waals surface area contributed by atoms with Crippen LogP contribution in [0.3, 0.4) is 0 Å². The van der Waals surface area contributed by atoms with E-state index in [-0.39, 0.29) is 5.41 Å². The molecule has 250 valence electrons. The Morgan fingerprint density at radius 1 is 0.472 bits per heavy atom. The van der Waals surface area contributed by atoms with Crippen LogP contribution in [0.1, 0.15) is 25.0 Å². The number of benzene rings is 7. The molecule has 4 heterocycles. The summed E-state index contributed by atoms with van der Waals surface area (Å²) in [6, 6.07) is 55.3. The summed E-state index contributed by atoms with van der Waals surface area (Å²) in [5.74, 6) is 1.86. The molecule has 0 aliphatic carbocycles. The molecule has 11 rings (SSSR count). The second-order valence-corrected chi connectivity index (χ2v) is 14.4. The van der Waals surface area contributed by atoms with Gasteiger partial charge >= 0.3 is 0 Å². The molecule has 0 saturated heterocycles. The van der Waals surface area contributed by atoms with E-state index in [1.54, 1.807) is 0 Å². The van der Waals surface area contributed by atoms with Gasteiger partial charge in [-0.15, -0.1) is 0 Å². The predicted octanol–water partition coefficient (Wildman–Crippen LogP) is 12.2. The van der Waals surface area contributed by atoms with Crippen LogP contribution >= 0.6 is 0 Å². The summed E-state index contributed by atoms with van der Waals surface area (Å²) in [5, 5.41) is 4.68. The second-order valence-electron chi connectivity index (χ2n) is 14.4. The highest BCUT2D eigenvalue weighted by molar-refractivity contribution is 6.16. The highest BCUT2D eigenvalue weighted by atomic mass is 16.3. The summed E-state index contributed by atoms with van der Waals surface area (Å²) in [6.07, 6.45) is 0. The van der Waals surface area contributed by atoms with E-state index in [2.05, 4.69) is 115 Å². The Labute approximate surface area is 305 Å². The number of furan rings is 1. The first-order chi connectivity index (χ1) is 26.0. The summed E-state index contributed by atoms with van der Waals surface area (Å²) in [7, 11) is 0. The van der Waals surface area contributed by atoms with E-state index in [1.807, 2.05) is 60.7 Å². The number of nitrogens with zero attached hydrogens (tertiary/aromatic N) is 4. The average Bonchev–Trinajstić information content (AvgIpc) is 3.76. The molecule has 0 unspecified atom stereocenters. The van der Waals surface area contributed by atoms with Crippen molar-refractivity contribution in [3.8, 4) is 51.0 Å². The van der Waals surface area contributed by atoms with Crippen LogP contribution in [0.15, 0.2) is 162 Å². The number of hydrogen-bond donors (Lipinski definition) is 0. The van der Waals surface area contributed by atoms with E-state index < -0.39 is 0 Å². The molecule has 0 spiro atoms. The quantitative estimate of drug-likeness (QED) is 0.186. The van der Waals surface area contributed by atoms with Crippen molar-refractivity contribution in [2.24, 2.45) is 0 Å². The molecule has 5 heteroatoms. The van der Waals surface area contributed by atoms with Gasteiger partial charge in [0.25, 0.3) is 0 Å². The molecule has 0 fully saturated rings. The summed E-state index contributed by atoms with van der Waals surface area (Å²) >= 11 is 0. The van der Waals surface area contributed by atoms with Crippen molar-refractivity contribution in [3.63, 3.8) is 0 Å². The Kier molecular flexibility index (Phi) is 6.23. The van der Waals surface area contributed by atoms with Crippen LogP contribution in [0.5, 0.6) is 0 Å². The lowest BCUT2D eigenvalue weighted by Crippen LogP contribution is -2.26. The normalized spacial score (nSPS) is 13.2. The van der Waals surface area contributed by atoms with Gasteiger partial charge in [-0.2, -0.15) is 0 Å². The van der Waals surface area contributed by atoms with Gasteiger partial charge in [0.05, 0.1) is 16.7 Å². The van der Waals surface area contributed by atoms with Gasteiger partial charge in [-0.3, -0.25) is 0 Å². The smallest absolute Gasteiger partial charge is 0.164 e. The summed E-state index contributed by atoms with van der Waals surface area (Å²) < 4.78 is 9.11. The lowest BCUT2D eigenvalue weighted by Gasteiger charge is -2.35. The average molecular weight is 681 g/mol. The number of para-hydroxylation sites is 2. The minimum Gasteiger partial charge on any atom is -0.456 e. The third-order valence-electron chi connectivity index (χ3n) is 11.0. The van der Waals surface area contributed by atoms with Crippen molar-refractivity contribution >= 4 is 43.7 Å². The molecule has 0 N–H and O–H groups in total. The highest BCUT2D eigenvalue weighted by Gasteiger charge is 2.35. The van der Waals surface area contributed by atoms with Gasteiger partial charge in [0.2, 0.25) is 0 Å². The fourth-order valence-electron chi connectivity index (χ4n) is 8.47. The number of hydrogen-bond acceptors (Lipinski definition) is 4. The van der Waals surface area contributed by atoms with Crippen molar-refractivity contribution in [3.05, 3.63) is 169 Å². The van der Waals surface area contributed by atoms with E-state index in [9.17, 15) is 0 Å². The molecule has 0 amide bonds. The van der Waals surface area contributed by atoms with Crippen LogP contribution in [0.4, 0.5) is 0 Å². The van der Waals surface area contributed by atoms with Crippen LogP contribution < -0.4 is 0 Å². The fourth-order valence-corrected chi connectivity index (χ4v) is 8.47. The van der Waals surface area contributed by atoms with E-state index in [0.29, 0.717) is 17.5 Å². The van der Waals surface area contributed by atoms with E-state index >= 15 is 0 Å². The predicted molar refractivity (Wildman–Crippen MR) is 215 cm³/mol. The molecule has 53 heavy (non-hydrogen) atoms. The summed E-state index contributed by atoms with van der Waals surface area (Å²) in [6.45, 7) is 4.71. The third-order valence-corrected chi connectivity index (χ3v) is 11.0. The monoisotopic (exact) mass is 680 g/mol. The molecule has 3 aromatic heterocycles. The Hall–Kier alpha value is -6.85. The van der Waals surface area contributed by atoms with Crippen molar-refractivity contribution in [1.29, 1.82) is 0 Å². The topological polar surface area (TPSA) is 56.7 Å². The molecule has 0 radical (unpaired) electrons. The maximum Gasteiger partial charge on any atom is 0.164 e. The SMILES string of the molecule is CC1(C)c2ccccc2-n2c3ccccc3c3cc(-c4cccc5oc6cc(-c7nc(-c8ccccc8)nc(-c8ccccc8)n7)ccc6c45)cc1c32. The van der Waals surface area contributed by atoms with E-state index in [4.69, 9.17) is 19.4 Å². The lowest BCUT2D eigenvalue weighted by molar-refractivity contribution is 0.630. The molecule has 1 aliphatic rings. The maximum absolute atomic E-state index is 6.65. The van der Waals surface area contributed by atoms with E-state index in [1.165, 1.54) is 44.2 Å². The van der Waals surface area contributed by atoms with Crippen LogP contribution in [0.2, 0.25) is 0 Å². The van der Waals surface area contributed by atoms with Crippen LogP contribution in [-0.2, 0) is 5.41 Å². The number of fused-ring (bicyclic) bond motifs is 8. The lowest BCUT2D eigenvalue weighted by atomic mass is 9.74. The number of rotatable bonds is 4. The largest absolute Gasteiger partial charge is 0.456 e. The standard InChI is InChI=1S/C48H32N4O/c1-48(2)37-20-10-12-22-40(37)52-39-21-11-9-18-34(39)36-26-32(27-38(48)44(36)52)33-19-13-23-41-43(33)35-25-24-31(28-42(35)53-41)47-50-45(29-14-5-3-6-15-29)49-46(51-47)30-16-7-4-8-17-30/h3-28H,1-2H3. The molecule has 0 saturated carbocycles. The minimum absolute atomic E-state index is 0.196. The third kappa shape index (κ3) is 4.40. The van der Waals surface area contributed by atoms with Crippen molar-refractivity contribution in [2.45, 2.75) is 19.3 Å². The molecule has 1 aliphatic heterocycles. The fraction of sp³-hybridized carbons (Fsp3) is 0.0625. The molecular formula is C48H32N4O. The Morgan fingerprint density at radius 2 is 1.13 bits per heavy atom. The molecular weight excluding hydrogens is 649 g/mol. The van der Waals surface area contributed by atoms with Crippen molar-refractivity contribution < 1.29 is 4.42 Å². The van der Waals surface area contributed by atoms with Gasteiger partial charge in [0.1, 0.15) is 11.2 Å². The van der Waals surface area contributed by atoms with Crippen LogP contribution in [-0.4, -0.2) is 19.5 Å². The first kappa shape index (κ1) is 29.8.